The van der Waals surface area contributed by atoms with Crippen molar-refractivity contribution in [1.29, 1.82) is 0 Å². The smallest absolute Gasteiger partial charge is 0.225 e. The molecular formula is C20H25N5O2. The molecule has 0 bridgehead atoms. The zero-order valence-electron chi connectivity index (χ0n) is 15.4. The zero-order valence-corrected chi connectivity index (χ0v) is 15.4. The highest BCUT2D eigenvalue weighted by Gasteiger charge is 2.26. The third kappa shape index (κ3) is 4.42. The third-order valence-electron chi connectivity index (χ3n) is 5.21. The van der Waals surface area contributed by atoms with Crippen molar-refractivity contribution >= 4 is 11.9 Å². The van der Waals surface area contributed by atoms with Gasteiger partial charge in [-0.15, -0.1) is 0 Å². The molecule has 4 rings (SSSR count). The molecule has 1 saturated heterocycles. The van der Waals surface area contributed by atoms with Crippen molar-refractivity contribution in [3.8, 4) is 0 Å². The molecule has 2 aliphatic rings. The lowest BCUT2D eigenvalue weighted by atomic mass is 9.86. The van der Waals surface area contributed by atoms with Gasteiger partial charge in [-0.1, -0.05) is 6.07 Å². The molecule has 0 spiro atoms. The first-order chi connectivity index (χ1) is 13.3. The molecule has 0 unspecified atom stereocenters. The number of ether oxygens (including phenoxy) is 1. The molecule has 2 aromatic rings. The standard InChI is InChI=1S/C20H25N5O2/c26-19(22-8-6-17-3-1-2-7-21-17)15-4-5-18-16(13-15)14-23-20(24-18)25-9-11-27-12-10-25/h1-3,7,14-15H,4-6,8-13H2,(H,22,26)/t15-/m1/s1. The van der Waals surface area contributed by atoms with E-state index >= 15 is 0 Å². The first-order valence-corrected chi connectivity index (χ1v) is 9.65. The van der Waals surface area contributed by atoms with Crippen LogP contribution >= 0.6 is 0 Å². The number of carbonyl (C=O) groups is 1. The summed E-state index contributed by atoms with van der Waals surface area (Å²) in [5, 5.41) is 3.05. The second-order valence-electron chi connectivity index (χ2n) is 7.04. The summed E-state index contributed by atoms with van der Waals surface area (Å²) in [5.74, 6) is 0.906. The molecule has 7 heteroatoms. The number of anilines is 1. The van der Waals surface area contributed by atoms with Crippen LogP contribution in [0.1, 0.15) is 23.4 Å². The average molecular weight is 367 g/mol. The number of hydrogen-bond donors (Lipinski definition) is 1. The van der Waals surface area contributed by atoms with Crippen molar-refractivity contribution in [2.45, 2.75) is 25.7 Å². The van der Waals surface area contributed by atoms with Crippen LogP contribution in [-0.4, -0.2) is 53.7 Å². The highest BCUT2D eigenvalue weighted by Crippen LogP contribution is 2.25. The van der Waals surface area contributed by atoms with Crippen LogP contribution in [0.3, 0.4) is 0 Å². The van der Waals surface area contributed by atoms with Gasteiger partial charge in [0.25, 0.3) is 0 Å². The zero-order chi connectivity index (χ0) is 18.5. The minimum absolute atomic E-state index is 0.000862. The molecule has 2 aromatic heterocycles. The summed E-state index contributed by atoms with van der Waals surface area (Å²) in [4.78, 5) is 28.3. The van der Waals surface area contributed by atoms with Gasteiger partial charge in [0.05, 0.1) is 13.2 Å². The van der Waals surface area contributed by atoms with Gasteiger partial charge in [-0.25, -0.2) is 9.97 Å². The van der Waals surface area contributed by atoms with Gasteiger partial charge in [0.1, 0.15) is 0 Å². The Morgan fingerprint density at radius 1 is 1.26 bits per heavy atom. The van der Waals surface area contributed by atoms with Gasteiger partial charge in [0.15, 0.2) is 0 Å². The van der Waals surface area contributed by atoms with E-state index < -0.39 is 0 Å². The monoisotopic (exact) mass is 367 g/mol. The first-order valence-electron chi connectivity index (χ1n) is 9.65. The predicted molar refractivity (Wildman–Crippen MR) is 102 cm³/mol. The Morgan fingerprint density at radius 2 is 2.15 bits per heavy atom. The fourth-order valence-corrected chi connectivity index (χ4v) is 3.64. The van der Waals surface area contributed by atoms with Crippen molar-refractivity contribution < 1.29 is 9.53 Å². The molecule has 7 nitrogen and oxygen atoms in total. The van der Waals surface area contributed by atoms with E-state index in [0.717, 1.165) is 68.5 Å². The largest absolute Gasteiger partial charge is 0.378 e. The molecule has 0 saturated carbocycles. The Hall–Kier alpha value is -2.54. The molecule has 1 aliphatic heterocycles. The maximum absolute atomic E-state index is 12.5. The molecule has 1 atom stereocenters. The number of nitrogens with one attached hydrogen (secondary N) is 1. The Bertz CT molecular complexity index is 777. The van der Waals surface area contributed by atoms with E-state index in [1.807, 2.05) is 24.4 Å². The maximum Gasteiger partial charge on any atom is 0.225 e. The van der Waals surface area contributed by atoms with Crippen LogP contribution in [0.2, 0.25) is 0 Å². The number of rotatable bonds is 5. The van der Waals surface area contributed by atoms with Crippen molar-refractivity contribution in [3.05, 3.63) is 47.5 Å². The summed E-state index contributed by atoms with van der Waals surface area (Å²) < 4.78 is 5.39. The van der Waals surface area contributed by atoms with E-state index in [1.54, 1.807) is 6.20 Å². The van der Waals surface area contributed by atoms with Gasteiger partial charge >= 0.3 is 0 Å². The van der Waals surface area contributed by atoms with Gasteiger partial charge in [0, 0.05) is 55.8 Å². The lowest BCUT2D eigenvalue weighted by molar-refractivity contribution is -0.125. The van der Waals surface area contributed by atoms with Crippen molar-refractivity contribution in [1.82, 2.24) is 20.3 Å². The van der Waals surface area contributed by atoms with Crippen molar-refractivity contribution in [2.24, 2.45) is 5.92 Å². The van der Waals surface area contributed by atoms with E-state index in [1.165, 1.54) is 0 Å². The topological polar surface area (TPSA) is 80.2 Å². The lowest BCUT2D eigenvalue weighted by Crippen LogP contribution is -2.38. The van der Waals surface area contributed by atoms with Gasteiger partial charge < -0.3 is 15.0 Å². The van der Waals surface area contributed by atoms with Crippen LogP contribution in [0.15, 0.2) is 30.6 Å². The molecule has 27 heavy (non-hydrogen) atoms. The van der Waals surface area contributed by atoms with Gasteiger partial charge in [0.2, 0.25) is 11.9 Å². The fourth-order valence-electron chi connectivity index (χ4n) is 3.64. The fraction of sp³-hybridized carbons (Fsp3) is 0.500. The van der Waals surface area contributed by atoms with E-state index in [0.29, 0.717) is 13.0 Å². The molecule has 0 aromatic carbocycles. The van der Waals surface area contributed by atoms with E-state index in [9.17, 15) is 4.79 Å². The number of amides is 1. The van der Waals surface area contributed by atoms with Gasteiger partial charge in [-0.2, -0.15) is 0 Å². The molecule has 1 fully saturated rings. The van der Waals surface area contributed by atoms with Gasteiger partial charge in [-0.3, -0.25) is 9.78 Å². The molecule has 1 N–H and O–H groups in total. The Balaban J connectivity index is 1.31. The van der Waals surface area contributed by atoms with E-state index in [2.05, 4.69) is 20.2 Å². The average Bonchev–Trinajstić information content (AvgIpc) is 2.74. The maximum atomic E-state index is 12.5. The molecular weight excluding hydrogens is 342 g/mol. The Labute approximate surface area is 159 Å². The molecule has 0 radical (unpaired) electrons. The number of fused-ring (bicyclic) bond motifs is 1. The number of hydrogen-bond acceptors (Lipinski definition) is 6. The van der Waals surface area contributed by atoms with Crippen LogP contribution in [-0.2, 0) is 28.8 Å². The van der Waals surface area contributed by atoms with Crippen LogP contribution < -0.4 is 10.2 Å². The normalized spacial score (nSPS) is 19.4. The number of aromatic nitrogens is 3. The predicted octanol–water partition coefficient (Wildman–Crippen LogP) is 1.17. The third-order valence-corrected chi connectivity index (χ3v) is 5.21. The minimum atomic E-state index is -0.000862. The summed E-state index contributed by atoms with van der Waals surface area (Å²) in [6, 6.07) is 5.84. The first kappa shape index (κ1) is 17.9. The van der Waals surface area contributed by atoms with Crippen LogP contribution in [0.25, 0.3) is 0 Å². The summed E-state index contributed by atoms with van der Waals surface area (Å²) in [6.45, 7) is 3.73. The highest BCUT2D eigenvalue weighted by atomic mass is 16.5. The quantitative estimate of drug-likeness (QED) is 0.855. The second kappa shape index (κ2) is 8.43. The van der Waals surface area contributed by atoms with Gasteiger partial charge in [-0.05, 0) is 37.0 Å². The highest BCUT2D eigenvalue weighted by molar-refractivity contribution is 5.79. The Kier molecular flexibility index (Phi) is 5.58. The summed E-state index contributed by atoms with van der Waals surface area (Å²) >= 11 is 0. The number of nitrogens with zero attached hydrogens (tertiary/aromatic N) is 4. The summed E-state index contributed by atoms with van der Waals surface area (Å²) in [5.41, 5.74) is 3.18. The van der Waals surface area contributed by atoms with Crippen molar-refractivity contribution in [3.63, 3.8) is 0 Å². The van der Waals surface area contributed by atoms with E-state index in [-0.39, 0.29) is 11.8 Å². The molecule has 1 aliphatic carbocycles. The number of carbonyl (C=O) groups excluding carboxylic acids is 1. The van der Waals surface area contributed by atoms with E-state index in [4.69, 9.17) is 9.72 Å². The number of aryl methyl sites for hydroxylation is 1. The van der Waals surface area contributed by atoms with Crippen LogP contribution in [0, 0.1) is 5.92 Å². The summed E-state index contributed by atoms with van der Waals surface area (Å²) in [6.07, 6.45) is 6.81. The number of pyridine rings is 1. The molecule has 142 valence electrons. The number of morpholine rings is 1. The SMILES string of the molecule is O=C(NCCc1ccccn1)[C@@H]1CCc2nc(N3CCOCC3)ncc2C1. The lowest BCUT2D eigenvalue weighted by Gasteiger charge is -2.28. The van der Waals surface area contributed by atoms with Crippen LogP contribution in [0.5, 0.6) is 0 Å². The Morgan fingerprint density at radius 3 is 2.96 bits per heavy atom. The van der Waals surface area contributed by atoms with Crippen LogP contribution in [0.4, 0.5) is 5.95 Å². The second-order valence-corrected chi connectivity index (χ2v) is 7.04. The summed E-state index contributed by atoms with van der Waals surface area (Å²) in [7, 11) is 0. The molecule has 1 amide bonds. The minimum Gasteiger partial charge on any atom is -0.378 e. The molecule has 3 heterocycles. The van der Waals surface area contributed by atoms with Crippen molar-refractivity contribution in [2.75, 3.05) is 37.7 Å².